The van der Waals surface area contributed by atoms with E-state index in [1.165, 1.54) is 19.0 Å². The molecule has 0 radical (unpaired) electrons. The Morgan fingerprint density at radius 2 is 1.88 bits per heavy atom. The van der Waals surface area contributed by atoms with E-state index in [4.69, 9.17) is 0 Å². The second kappa shape index (κ2) is 4.31. The minimum Gasteiger partial charge on any atom is -0.347 e. The van der Waals surface area contributed by atoms with Gasteiger partial charge in [0, 0.05) is 20.6 Å². The Kier molecular flexibility index (Phi) is 3.44. The second-order valence-electron chi connectivity index (χ2n) is 3.89. The van der Waals surface area contributed by atoms with E-state index < -0.39 is 24.0 Å². The van der Waals surface area contributed by atoms with Crippen LogP contribution in [0, 0.1) is 0 Å². The molecule has 16 heavy (non-hydrogen) atoms. The molecule has 0 aliphatic carbocycles. The van der Waals surface area contributed by atoms with E-state index >= 15 is 0 Å². The Bertz CT molecular complexity index is 302. The lowest BCUT2D eigenvalue weighted by molar-refractivity contribution is -0.187. The van der Waals surface area contributed by atoms with Crippen molar-refractivity contribution in [2.24, 2.45) is 0 Å². The minimum absolute atomic E-state index is 0.0113. The molecule has 1 atom stereocenters. The van der Waals surface area contributed by atoms with Crippen LogP contribution in [0.25, 0.3) is 0 Å². The molecule has 1 fully saturated rings. The fraction of sp³-hybridized carbons (Fsp3) is 0.778. The number of halogens is 3. The molecule has 1 heterocycles. The third-order valence-electron chi connectivity index (χ3n) is 2.48. The van der Waals surface area contributed by atoms with Crippen molar-refractivity contribution in [2.75, 3.05) is 20.6 Å². The van der Waals surface area contributed by atoms with Crippen molar-refractivity contribution in [3.63, 3.8) is 0 Å². The van der Waals surface area contributed by atoms with Crippen molar-refractivity contribution in [3.8, 4) is 0 Å². The maximum Gasteiger partial charge on any atom is 0.471 e. The Balaban J connectivity index is 2.81. The standard InChI is InChI=1S/C9H13F3N2O2/c1-13(2)7(15)6-4-3-5-14(6)8(16)9(10,11)12/h6H,3-5H2,1-2H3. The lowest BCUT2D eigenvalue weighted by atomic mass is 10.2. The molecule has 7 heteroatoms. The third kappa shape index (κ3) is 2.45. The van der Waals surface area contributed by atoms with Gasteiger partial charge in [-0.15, -0.1) is 0 Å². The Labute approximate surface area is 91.0 Å². The first kappa shape index (κ1) is 12.8. The highest BCUT2D eigenvalue weighted by molar-refractivity contribution is 5.90. The summed E-state index contributed by atoms with van der Waals surface area (Å²) in [5.74, 6) is -2.39. The van der Waals surface area contributed by atoms with Gasteiger partial charge >= 0.3 is 12.1 Å². The van der Waals surface area contributed by atoms with Gasteiger partial charge in [-0.25, -0.2) is 0 Å². The normalized spacial score (nSPS) is 21.1. The van der Waals surface area contributed by atoms with Crippen molar-refractivity contribution < 1.29 is 22.8 Å². The summed E-state index contributed by atoms with van der Waals surface area (Å²) in [6.45, 7) is -0.0113. The van der Waals surface area contributed by atoms with Crippen LogP contribution in [0.2, 0.25) is 0 Å². The van der Waals surface area contributed by atoms with E-state index in [0.717, 1.165) is 0 Å². The number of alkyl halides is 3. The zero-order valence-corrected chi connectivity index (χ0v) is 9.04. The summed E-state index contributed by atoms with van der Waals surface area (Å²) in [6, 6.07) is -0.968. The van der Waals surface area contributed by atoms with Gasteiger partial charge in [-0.3, -0.25) is 9.59 Å². The van der Waals surface area contributed by atoms with E-state index in [-0.39, 0.29) is 6.54 Å². The molecule has 0 aromatic heterocycles. The van der Waals surface area contributed by atoms with Crippen LogP contribution in [0.5, 0.6) is 0 Å². The van der Waals surface area contributed by atoms with E-state index in [2.05, 4.69) is 0 Å². The van der Waals surface area contributed by atoms with Gasteiger partial charge in [0.05, 0.1) is 0 Å². The van der Waals surface area contributed by atoms with Gasteiger partial charge in [-0.1, -0.05) is 0 Å². The summed E-state index contributed by atoms with van der Waals surface area (Å²) in [6.07, 6.45) is -4.19. The van der Waals surface area contributed by atoms with Crippen molar-refractivity contribution in [1.82, 2.24) is 9.80 Å². The van der Waals surface area contributed by atoms with Gasteiger partial charge in [-0.05, 0) is 12.8 Å². The van der Waals surface area contributed by atoms with Crippen molar-refractivity contribution >= 4 is 11.8 Å². The summed E-state index contributed by atoms with van der Waals surface area (Å²) in [5, 5.41) is 0. The summed E-state index contributed by atoms with van der Waals surface area (Å²) in [5.41, 5.74) is 0. The molecule has 0 spiro atoms. The highest BCUT2D eigenvalue weighted by Crippen LogP contribution is 2.26. The predicted octanol–water partition coefficient (Wildman–Crippen LogP) is 0.628. The van der Waals surface area contributed by atoms with E-state index in [1.54, 1.807) is 0 Å². The van der Waals surface area contributed by atoms with Crippen LogP contribution in [-0.2, 0) is 9.59 Å². The lowest BCUT2D eigenvalue weighted by Crippen LogP contribution is -2.49. The number of hydrogen-bond donors (Lipinski definition) is 0. The number of rotatable bonds is 1. The molecule has 0 aromatic carbocycles. The van der Waals surface area contributed by atoms with Gasteiger partial charge in [0.2, 0.25) is 5.91 Å². The second-order valence-corrected chi connectivity index (χ2v) is 3.89. The summed E-state index contributed by atoms with van der Waals surface area (Å²) in [4.78, 5) is 24.4. The number of likely N-dealkylation sites (N-methyl/N-ethyl adjacent to an activating group) is 1. The number of likely N-dealkylation sites (tertiary alicyclic amines) is 1. The first-order valence-electron chi connectivity index (χ1n) is 4.84. The third-order valence-corrected chi connectivity index (χ3v) is 2.48. The molecule has 1 saturated heterocycles. The molecule has 0 bridgehead atoms. The van der Waals surface area contributed by atoms with Gasteiger partial charge in [0.1, 0.15) is 6.04 Å². The highest BCUT2D eigenvalue weighted by Gasteiger charge is 2.47. The first-order chi connectivity index (χ1) is 7.25. The Hall–Kier alpha value is -1.27. The van der Waals surface area contributed by atoms with Crippen LogP contribution in [0.1, 0.15) is 12.8 Å². The van der Waals surface area contributed by atoms with Crippen LogP contribution >= 0.6 is 0 Å². The topological polar surface area (TPSA) is 40.6 Å². The quantitative estimate of drug-likeness (QED) is 0.672. The molecule has 2 amide bonds. The van der Waals surface area contributed by atoms with Gasteiger partial charge in [0.15, 0.2) is 0 Å². The van der Waals surface area contributed by atoms with Gasteiger partial charge in [-0.2, -0.15) is 13.2 Å². The molecule has 1 unspecified atom stereocenters. The van der Waals surface area contributed by atoms with E-state index in [1.807, 2.05) is 0 Å². The Morgan fingerprint density at radius 1 is 1.31 bits per heavy atom. The van der Waals surface area contributed by atoms with Crippen LogP contribution in [-0.4, -0.2) is 54.5 Å². The Morgan fingerprint density at radius 3 is 2.31 bits per heavy atom. The van der Waals surface area contributed by atoms with E-state index in [9.17, 15) is 22.8 Å². The summed E-state index contributed by atoms with van der Waals surface area (Å²) in [7, 11) is 2.91. The molecular weight excluding hydrogens is 225 g/mol. The molecule has 1 aliphatic heterocycles. The number of carbonyl (C=O) groups excluding carboxylic acids is 2. The number of carbonyl (C=O) groups is 2. The van der Waals surface area contributed by atoms with Gasteiger partial charge < -0.3 is 9.80 Å². The fourth-order valence-corrected chi connectivity index (χ4v) is 1.73. The largest absolute Gasteiger partial charge is 0.471 e. The maximum atomic E-state index is 12.2. The molecule has 0 saturated carbocycles. The molecular formula is C9H13F3N2O2. The number of nitrogens with zero attached hydrogens (tertiary/aromatic N) is 2. The minimum atomic E-state index is -4.91. The van der Waals surface area contributed by atoms with Gasteiger partial charge in [0.25, 0.3) is 0 Å². The monoisotopic (exact) mass is 238 g/mol. The van der Waals surface area contributed by atoms with Crippen molar-refractivity contribution in [1.29, 1.82) is 0 Å². The maximum absolute atomic E-state index is 12.2. The molecule has 4 nitrogen and oxygen atoms in total. The summed E-state index contributed by atoms with van der Waals surface area (Å²) < 4.78 is 36.7. The zero-order chi connectivity index (χ0) is 12.5. The summed E-state index contributed by atoms with van der Waals surface area (Å²) >= 11 is 0. The molecule has 0 aromatic rings. The van der Waals surface area contributed by atoms with E-state index in [0.29, 0.717) is 17.7 Å². The average molecular weight is 238 g/mol. The SMILES string of the molecule is CN(C)C(=O)C1CCCN1C(=O)C(F)(F)F. The first-order valence-corrected chi connectivity index (χ1v) is 4.84. The zero-order valence-electron chi connectivity index (χ0n) is 9.04. The highest BCUT2D eigenvalue weighted by atomic mass is 19.4. The lowest BCUT2D eigenvalue weighted by Gasteiger charge is -2.26. The number of hydrogen-bond acceptors (Lipinski definition) is 2. The van der Waals surface area contributed by atoms with Crippen LogP contribution in [0.4, 0.5) is 13.2 Å². The van der Waals surface area contributed by atoms with Crippen LogP contribution in [0.3, 0.4) is 0 Å². The fourth-order valence-electron chi connectivity index (χ4n) is 1.73. The molecule has 1 rings (SSSR count). The predicted molar refractivity (Wildman–Crippen MR) is 49.5 cm³/mol. The number of amides is 2. The smallest absolute Gasteiger partial charge is 0.347 e. The van der Waals surface area contributed by atoms with Crippen LogP contribution < -0.4 is 0 Å². The molecule has 1 aliphatic rings. The molecule has 0 N–H and O–H groups in total. The van der Waals surface area contributed by atoms with Crippen LogP contribution in [0.15, 0.2) is 0 Å². The molecule has 92 valence electrons. The average Bonchev–Trinajstić information content (AvgIpc) is 2.61. The van der Waals surface area contributed by atoms with Crippen molar-refractivity contribution in [2.45, 2.75) is 25.1 Å². The van der Waals surface area contributed by atoms with Crippen molar-refractivity contribution in [3.05, 3.63) is 0 Å².